The summed E-state index contributed by atoms with van der Waals surface area (Å²) in [6.45, 7) is -0.146. The Balaban J connectivity index is 1.72. The molecule has 1 heterocycles. The number of likely N-dealkylation sites (tertiary alicyclic amines) is 1. The van der Waals surface area contributed by atoms with E-state index in [2.05, 4.69) is 4.72 Å². The average Bonchev–Trinajstić information content (AvgIpc) is 3.28. The number of nitro groups is 1. The molecule has 174 valence electrons. The van der Waals surface area contributed by atoms with Crippen LogP contribution in [0.25, 0.3) is 0 Å². The Hall–Kier alpha value is -3.31. The molecule has 0 bridgehead atoms. The number of carbonyl (C=O) groups is 2. The van der Waals surface area contributed by atoms with Gasteiger partial charge in [0.1, 0.15) is 11.1 Å². The van der Waals surface area contributed by atoms with Crippen LogP contribution >= 0.6 is 0 Å². The van der Waals surface area contributed by atoms with Gasteiger partial charge in [0.2, 0.25) is 15.9 Å². The molecule has 1 saturated heterocycles. The minimum absolute atomic E-state index is 0.0151. The van der Waals surface area contributed by atoms with Crippen LogP contribution in [0.4, 0.5) is 5.69 Å². The molecular weight excluding hydrogens is 450 g/mol. The number of hydrogen-bond donors (Lipinski definition) is 2. The SMILES string of the molecule is O=C1N(C2(C(=O)O)CCCC2)CC1(Cc1ccccc1)NS(=O)(=O)c1ccccc1[N+](=O)[O-]. The molecule has 2 aromatic carbocycles. The molecule has 1 saturated carbocycles. The molecule has 1 unspecified atom stereocenters. The summed E-state index contributed by atoms with van der Waals surface area (Å²) in [7, 11) is -4.48. The quantitative estimate of drug-likeness (QED) is 0.339. The van der Waals surface area contributed by atoms with E-state index < -0.39 is 48.5 Å². The number of sulfonamides is 1. The van der Waals surface area contributed by atoms with Gasteiger partial charge in [-0.2, -0.15) is 4.72 Å². The van der Waals surface area contributed by atoms with E-state index in [0.29, 0.717) is 31.2 Å². The smallest absolute Gasteiger partial charge is 0.329 e. The molecule has 2 fully saturated rings. The molecule has 0 aromatic heterocycles. The summed E-state index contributed by atoms with van der Waals surface area (Å²) in [5, 5.41) is 21.3. The van der Waals surface area contributed by atoms with Gasteiger partial charge in [-0.1, -0.05) is 55.3 Å². The molecular formula is C22H23N3O7S. The van der Waals surface area contributed by atoms with Crippen molar-refractivity contribution >= 4 is 27.6 Å². The summed E-state index contributed by atoms with van der Waals surface area (Å²) in [5.41, 5.74) is -2.94. The molecule has 1 aliphatic heterocycles. The number of para-hydroxylation sites is 1. The van der Waals surface area contributed by atoms with Crippen LogP contribution in [-0.2, 0) is 26.0 Å². The van der Waals surface area contributed by atoms with Gasteiger partial charge in [-0.3, -0.25) is 14.9 Å². The first-order valence-corrected chi connectivity index (χ1v) is 12.0. The highest BCUT2D eigenvalue weighted by Gasteiger charge is 2.63. The molecule has 2 N–H and O–H groups in total. The van der Waals surface area contributed by atoms with Crippen LogP contribution in [0, 0.1) is 10.1 Å². The van der Waals surface area contributed by atoms with Gasteiger partial charge in [0.15, 0.2) is 4.90 Å². The maximum absolute atomic E-state index is 13.5. The van der Waals surface area contributed by atoms with Crippen LogP contribution in [0.1, 0.15) is 31.2 Å². The first-order valence-electron chi connectivity index (χ1n) is 10.5. The van der Waals surface area contributed by atoms with Crippen molar-refractivity contribution in [2.24, 2.45) is 0 Å². The molecule has 10 nitrogen and oxygen atoms in total. The van der Waals surface area contributed by atoms with Gasteiger partial charge in [0.25, 0.3) is 5.69 Å². The number of amides is 1. The fourth-order valence-corrected chi connectivity index (χ4v) is 6.34. The molecule has 2 aromatic rings. The maximum Gasteiger partial charge on any atom is 0.329 e. The van der Waals surface area contributed by atoms with Crippen molar-refractivity contribution in [2.75, 3.05) is 6.54 Å². The normalized spacial score (nSPS) is 22.1. The number of rotatable bonds is 8. The van der Waals surface area contributed by atoms with E-state index in [1.54, 1.807) is 30.3 Å². The lowest BCUT2D eigenvalue weighted by atomic mass is 9.78. The number of β-lactam (4-membered cyclic amide) rings is 1. The number of hydrogen-bond acceptors (Lipinski definition) is 6. The average molecular weight is 474 g/mol. The summed E-state index contributed by atoms with van der Waals surface area (Å²) in [6.07, 6.45) is 1.89. The number of benzene rings is 2. The van der Waals surface area contributed by atoms with Gasteiger partial charge in [0.05, 0.1) is 11.5 Å². The molecule has 0 spiro atoms. The molecule has 2 aliphatic rings. The third-order valence-electron chi connectivity index (χ3n) is 6.46. The highest BCUT2D eigenvalue weighted by molar-refractivity contribution is 7.89. The lowest BCUT2D eigenvalue weighted by molar-refractivity contribution is -0.387. The molecule has 1 aliphatic carbocycles. The number of nitro benzene ring substituents is 1. The molecule has 1 amide bonds. The van der Waals surface area contributed by atoms with Crippen LogP contribution < -0.4 is 4.72 Å². The number of aliphatic carboxylic acids is 1. The Morgan fingerprint density at radius 1 is 1.09 bits per heavy atom. The van der Waals surface area contributed by atoms with Crippen molar-refractivity contribution in [1.82, 2.24) is 9.62 Å². The first-order chi connectivity index (χ1) is 15.6. The van der Waals surface area contributed by atoms with Crippen LogP contribution in [0.3, 0.4) is 0 Å². The number of carbonyl (C=O) groups excluding carboxylic acids is 1. The number of carboxylic acids is 1. The zero-order chi connectivity index (χ0) is 23.9. The molecule has 0 radical (unpaired) electrons. The van der Waals surface area contributed by atoms with Crippen LogP contribution in [-0.4, -0.2) is 52.8 Å². The van der Waals surface area contributed by atoms with Crippen molar-refractivity contribution in [1.29, 1.82) is 0 Å². The standard InChI is InChI=1S/C22H23N3O7S/c26-19-21(14-16-8-2-1-3-9-16,15-24(19)22(20(27)28)12-6-7-13-22)23-33(31,32)18-11-5-4-10-17(18)25(29)30/h1-5,8-11,23H,6-7,12-15H2,(H,27,28). The van der Waals surface area contributed by atoms with Crippen molar-refractivity contribution < 1.29 is 28.0 Å². The van der Waals surface area contributed by atoms with Crippen LogP contribution in [0.2, 0.25) is 0 Å². The second kappa shape index (κ2) is 8.23. The van der Waals surface area contributed by atoms with E-state index in [0.717, 1.165) is 12.1 Å². The van der Waals surface area contributed by atoms with E-state index in [9.17, 15) is 33.2 Å². The van der Waals surface area contributed by atoms with Gasteiger partial charge < -0.3 is 10.0 Å². The van der Waals surface area contributed by atoms with E-state index >= 15 is 0 Å². The maximum atomic E-state index is 13.5. The summed E-state index contributed by atoms with van der Waals surface area (Å²) in [5.74, 6) is -1.75. The van der Waals surface area contributed by atoms with E-state index in [-0.39, 0.29) is 13.0 Å². The first kappa shape index (κ1) is 22.9. The predicted octanol–water partition coefficient (Wildman–Crippen LogP) is 2.09. The predicted molar refractivity (Wildman–Crippen MR) is 117 cm³/mol. The van der Waals surface area contributed by atoms with Crippen LogP contribution in [0.15, 0.2) is 59.5 Å². The Morgan fingerprint density at radius 3 is 2.27 bits per heavy atom. The summed E-state index contributed by atoms with van der Waals surface area (Å²) in [4.78, 5) is 36.9. The summed E-state index contributed by atoms with van der Waals surface area (Å²) >= 11 is 0. The highest BCUT2D eigenvalue weighted by atomic mass is 32.2. The third-order valence-corrected chi connectivity index (χ3v) is 8.04. The van der Waals surface area contributed by atoms with E-state index in [1.807, 2.05) is 0 Å². The Bertz CT molecular complexity index is 1210. The highest BCUT2D eigenvalue weighted by Crippen LogP contribution is 2.43. The van der Waals surface area contributed by atoms with Gasteiger partial charge in [-0.05, 0) is 24.5 Å². The minimum atomic E-state index is -4.48. The number of carboxylic acid groups (broad SMARTS) is 1. The zero-order valence-electron chi connectivity index (χ0n) is 17.6. The van der Waals surface area contributed by atoms with Crippen molar-refractivity contribution in [2.45, 2.75) is 48.1 Å². The number of nitrogens with zero attached hydrogens (tertiary/aromatic N) is 2. The lowest BCUT2D eigenvalue weighted by Crippen LogP contribution is -2.80. The van der Waals surface area contributed by atoms with Crippen molar-refractivity contribution in [3.8, 4) is 0 Å². The van der Waals surface area contributed by atoms with Crippen molar-refractivity contribution in [3.05, 3.63) is 70.3 Å². The third kappa shape index (κ3) is 3.87. The topological polar surface area (TPSA) is 147 Å². The summed E-state index contributed by atoms with van der Waals surface area (Å²) < 4.78 is 28.9. The number of nitrogens with one attached hydrogen (secondary N) is 1. The van der Waals surface area contributed by atoms with Gasteiger partial charge in [0, 0.05) is 12.5 Å². The Morgan fingerprint density at radius 2 is 1.70 bits per heavy atom. The van der Waals surface area contributed by atoms with Gasteiger partial charge in [-0.15, -0.1) is 0 Å². The second-order valence-corrected chi connectivity index (χ2v) is 10.2. The molecule has 1 atom stereocenters. The van der Waals surface area contributed by atoms with E-state index in [4.69, 9.17) is 0 Å². The van der Waals surface area contributed by atoms with E-state index in [1.165, 1.54) is 17.0 Å². The van der Waals surface area contributed by atoms with Gasteiger partial charge in [-0.25, -0.2) is 13.2 Å². The Labute approximate surface area is 190 Å². The fraction of sp³-hybridized carbons (Fsp3) is 0.364. The lowest BCUT2D eigenvalue weighted by Gasteiger charge is -2.54. The molecule has 4 rings (SSSR count). The fourth-order valence-electron chi connectivity index (χ4n) is 4.82. The second-order valence-electron chi connectivity index (χ2n) is 8.51. The van der Waals surface area contributed by atoms with Crippen LogP contribution in [0.5, 0.6) is 0 Å². The largest absolute Gasteiger partial charge is 0.479 e. The Kier molecular flexibility index (Phi) is 5.71. The van der Waals surface area contributed by atoms with Gasteiger partial charge >= 0.3 is 5.97 Å². The molecule has 11 heteroatoms. The van der Waals surface area contributed by atoms with Crippen molar-refractivity contribution in [3.63, 3.8) is 0 Å². The monoisotopic (exact) mass is 473 g/mol. The summed E-state index contributed by atoms with van der Waals surface area (Å²) in [6, 6.07) is 13.6. The zero-order valence-corrected chi connectivity index (χ0v) is 18.5. The minimum Gasteiger partial charge on any atom is -0.479 e. The molecule has 33 heavy (non-hydrogen) atoms.